The van der Waals surface area contributed by atoms with Gasteiger partial charge in [-0.1, -0.05) is 11.2 Å². The van der Waals surface area contributed by atoms with E-state index in [2.05, 4.69) is 15.0 Å². The highest BCUT2D eigenvalue weighted by Crippen LogP contribution is 2.32. The summed E-state index contributed by atoms with van der Waals surface area (Å²) in [5, 5.41) is 6.08. The summed E-state index contributed by atoms with van der Waals surface area (Å²) in [4.78, 5) is 37.3. The molecule has 2 saturated heterocycles. The molecule has 3 fully saturated rings. The lowest BCUT2D eigenvalue weighted by Crippen LogP contribution is -2.53. The molecular formula is C23H31N5O3S. The fourth-order valence-electron chi connectivity index (χ4n) is 4.73. The number of piperidine rings is 1. The fraction of sp³-hybridized carbons (Fsp3) is 0.652. The molecule has 2 aromatic rings. The summed E-state index contributed by atoms with van der Waals surface area (Å²) in [5.74, 6) is 2.09. The van der Waals surface area contributed by atoms with Gasteiger partial charge in [-0.05, 0) is 50.1 Å². The number of hydrogen-bond donors (Lipinski definition) is 0. The summed E-state index contributed by atoms with van der Waals surface area (Å²) in [5.41, 5.74) is 0. The topological polar surface area (TPSA) is 82.8 Å². The van der Waals surface area contributed by atoms with E-state index in [1.165, 1.54) is 0 Å². The van der Waals surface area contributed by atoms with Crippen molar-refractivity contribution in [1.29, 1.82) is 0 Å². The third kappa shape index (κ3) is 5.04. The lowest BCUT2D eigenvalue weighted by atomic mass is 9.95. The van der Waals surface area contributed by atoms with Crippen LogP contribution in [-0.4, -0.2) is 82.5 Å². The van der Waals surface area contributed by atoms with Gasteiger partial charge in [0.25, 0.3) is 0 Å². The molecule has 2 aromatic heterocycles. The van der Waals surface area contributed by atoms with Crippen molar-refractivity contribution < 1.29 is 14.1 Å². The van der Waals surface area contributed by atoms with Crippen molar-refractivity contribution in [3.05, 3.63) is 23.4 Å². The maximum atomic E-state index is 13.1. The first kappa shape index (κ1) is 21.6. The van der Waals surface area contributed by atoms with Gasteiger partial charge in [-0.3, -0.25) is 14.5 Å². The SMILES string of the molecule is O=C(C1CCCN(C(=O)C2CC2)C1)N1CCN(CCCc2nc(-c3cccs3)no2)CC1. The lowest BCUT2D eigenvalue weighted by molar-refractivity contribution is -0.142. The number of carbonyl (C=O) groups is 2. The van der Waals surface area contributed by atoms with E-state index < -0.39 is 0 Å². The van der Waals surface area contributed by atoms with Gasteiger partial charge in [-0.2, -0.15) is 4.98 Å². The van der Waals surface area contributed by atoms with Crippen molar-refractivity contribution in [2.75, 3.05) is 45.8 Å². The Kier molecular flexibility index (Phi) is 6.54. The second-order valence-corrected chi connectivity index (χ2v) is 10.1. The lowest BCUT2D eigenvalue weighted by Gasteiger charge is -2.39. The average molecular weight is 458 g/mol. The highest BCUT2D eigenvalue weighted by Gasteiger charge is 2.38. The van der Waals surface area contributed by atoms with E-state index in [9.17, 15) is 9.59 Å². The molecule has 1 atom stereocenters. The van der Waals surface area contributed by atoms with E-state index in [1.807, 2.05) is 27.3 Å². The summed E-state index contributed by atoms with van der Waals surface area (Å²) in [6, 6.07) is 3.98. The number of amides is 2. The van der Waals surface area contributed by atoms with E-state index in [0.717, 1.165) is 82.7 Å². The number of thiophene rings is 1. The van der Waals surface area contributed by atoms with E-state index >= 15 is 0 Å². The molecule has 8 nitrogen and oxygen atoms in total. The van der Waals surface area contributed by atoms with E-state index in [-0.39, 0.29) is 23.7 Å². The van der Waals surface area contributed by atoms with Crippen molar-refractivity contribution in [3.8, 4) is 10.7 Å². The Bertz CT molecular complexity index is 918. The Balaban J connectivity index is 1.03. The number of likely N-dealkylation sites (tertiary alicyclic amines) is 1. The normalized spacial score (nSPS) is 22.3. The first-order chi connectivity index (χ1) is 15.7. The van der Waals surface area contributed by atoms with E-state index in [0.29, 0.717) is 18.3 Å². The zero-order valence-corrected chi connectivity index (χ0v) is 19.3. The largest absolute Gasteiger partial charge is 0.342 e. The predicted molar refractivity (Wildman–Crippen MR) is 121 cm³/mol. The van der Waals surface area contributed by atoms with Crippen molar-refractivity contribution in [2.45, 2.75) is 38.5 Å². The van der Waals surface area contributed by atoms with Gasteiger partial charge in [0.15, 0.2) is 0 Å². The van der Waals surface area contributed by atoms with Gasteiger partial charge in [0, 0.05) is 51.6 Å². The molecule has 0 bridgehead atoms. The Morgan fingerprint density at radius 2 is 1.84 bits per heavy atom. The molecule has 2 amide bonds. The van der Waals surface area contributed by atoms with Crippen LogP contribution >= 0.6 is 11.3 Å². The summed E-state index contributed by atoms with van der Waals surface area (Å²) < 4.78 is 5.38. The number of rotatable bonds is 7. The van der Waals surface area contributed by atoms with E-state index in [4.69, 9.17) is 4.52 Å². The van der Waals surface area contributed by atoms with Crippen LogP contribution in [0.15, 0.2) is 22.0 Å². The summed E-state index contributed by atoms with van der Waals surface area (Å²) in [7, 11) is 0. The fourth-order valence-corrected chi connectivity index (χ4v) is 5.38. The van der Waals surface area contributed by atoms with Crippen molar-refractivity contribution >= 4 is 23.2 Å². The molecule has 1 saturated carbocycles. The average Bonchev–Trinajstić information content (AvgIpc) is 3.32. The molecule has 5 rings (SSSR count). The highest BCUT2D eigenvalue weighted by atomic mass is 32.1. The first-order valence-electron chi connectivity index (χ1n) is 11.8. The van der Waals surface area contributed by atoms with Crippen molar-refractivity contribution in [1.82, 2.24) is 24.8 Å². The molecule has 0 N–H and O–H groups in total. The van der Waals surface area contributed by atoms with E-state index in [1.54, 1.807) is 11.3 Å². The van der Waals surface area contributed by atoms with Gasteiger partial charge < -0.3 is 14.3 Å². The monoisotopic (exact) mass is 457 g/mol. The van der Waals surface area contributed by atoms with Gasteiger partial charge in [-0.25, -0.2) is 0 Å². The van der Waals surface area contributed by atoms with Crippen molar-refractivity contribution in [3.63, 3.8) is 0 Å². The zero-order valence-electron chi connectivity index (χ0n) is 18.4. The molecule has 2 aliphatic heterocycles. The molecule has 0 radical (unpaired) electrons. The maximum Gasteiger partial charge on any atom is 0.227 e. The number of carbonyl (C=O) groups excluding carboxylic acids is 2. The molecule has 1 unspecified atom stereocenters. The molecule has 1 aliphatic carbocycles. The minimum Gasteiger partial charge on any atom is -0.342 e. The zero-order chi connectivity index (χ0) is 21.9. The quantitative estimate of drug-likeness (QED) is 0.635. The van der Waals surface area contributed by atoms with Crippen LogP contribution in [0, 0.1) is 11.8 Å². The summed E-state index contributed by atoms with van der Waals surface area (Å²) in [6.07, 6.45) is 5.63. The van der Waals surface area contributed by atoms with Crippen LogP contribution in [0.2, 0.25) is 0 Å². The Hall–Kier alpha value is -2.26. The van der Waals surface area contributed by atoms with Gasteiger partial charge in [0.05, 0.1) is 10.8 Å². The second kappa shape index (κ2) is 9.70. The Morgan fingerprint density at radius 3 is 2.59 bits per heavy atom. The molecule has 0 spiro atoms. The Labute approximate surface area is 192 Å². The first-order valence-corrected chi connectivity index (χ1v) is 12.7. The summed E-state index contributed by atoms with van der Waals surface area (Å²) in [6.45, 7) is 5.74. The highest BCUT2D eigenvalue weighted by molar-refractivity contribution is 7.13. The molecule has 32 heavy (non-hydrogen) atoms. The third-order valence-electron chi connectivity index (χ3n) is 6.77. The maximum absolute atomic E-state index is 13.1. The van der Waals surface area contributed by atoms with Crippen LogP contribution in [0.1, 0.15) is 38.0 Å². The third-order valence-corrected chi connectivity index (χ3v) is 7.63. The number of nitrogens with zero attached hydrogens (tertiary/aromatic N) is 5. The molecule has 3 aliphatic rings. The number of aromatic nitrogens is 2. The van der Waals surface area contributed by atoms with Crippen molar-refractivity contribution in [2.24, 2.45) is 11.8 Å². The van der Waals surface area contributed by atoms with Gasteiger partial charge in [0.2, 0.25) is 23.5 Å². The van der Waals surface area contributed by atoms with Crippen LogP contribution in [0.3, 0.4) is 0 Å². The van der Waals surface area contributed by atoms with Gasteiger partial charge >= 0.3 is 0 Å². The minimum absolute atomic E-state index is 0.0203. The standard InChI is InChI=1S/C23H31N5O3S/c29-22(17-7-8-17)28-10-1-4-18(16-28)23(30)27-13-11-26(12-14-27)9-2-6-20-24-21(25-31-20)19-5-3-15-32-19/h3,5,15,17-18H,1-2,4,6-14,16H2. The smallest absolute Gasteiger partial charge is 0.227 e. The summed E-state index contributed by atoms with van der Waals surface area (Å²) >= 11 is 1.61. The number of aryl methyl sites for hydroxylation is 1. The minimum atomic E-state index is -0.0203. The molecule has 4 heterocycles. The van der Waals surface area contributed by atoms with Crippen LogP contribution in [0.5, 0.6) is 0 Å². The van der Waals surface area contributed by atoms with Gasteiger partial charge in [0.1, 0.15) is 0 Å². The Morgan fingerprint density at radius 1 is 1.03 bits per heavy atom. The van der Waals surface area contributed by atoms with Crippen LogP contribution in [-0.2, 0) is 16.0 Å². The molecule has 172 valence electrons. The number of hydrogen-bond acceptors (Lipinski definition) is 7. The predicted octanol–water partition coefficient (Wildman–Crippen LogP) is 2.52. The van der Waals surface area contributed by atoms with Crippen LogP contribution in [0.4, 0.5) is 0 Å². The molecule has 0 aromatic carbocycles. The van der Waals surface area contributed by atoms with Crippen LogP contribution in [0.25, 0.3) is 10.7 Å². The second-order valence-electron chi connectivity index (χ2n) is 9.16. The number of piperazine rings is 1. The van der Waals surface area contributed by atoms with Gasteiger partial charge in [-0.15, -0.1) is 11.3 Å². The molecular weight excluding hydrogens is 426 g/mol. The van der Waals surface area contributed by atoms with Crippen LogP contribution < -0.4 is 0 Å². The molecule has 9 heteroatoms.